The smallest absolute Gasteiger partial charge is 0.387 e. The lowest BCUT2D eigenvalue weighted by Crippen LogP contribution is -2.46. The third kappa shape index (κ3) is 6.65. The summed E-state index contributed by atoms with van der Waals surface area (Å²) in [5.74, 6) is -0.714. The summed E-state index contributed by atoms with van der Waals surface area (Å²) < 4.78 is 52.0. The number of aliphatic hydroxyl groups excluding tert-OH is 4. The number of aromatic nitrogens is 5. The van der Waals surface area contributed by atoms with Crippen molar-refractivity contribution < 1.29 is 71.5 Å². The van der Waals surface area contributed by atoms with Gasteiger partial charge < -0.3 is 51.2 Å². The summed E-state index contributed by atoms with van der Waals surface area (Å²) in [7, 11) is -10.7. The van der Waals surface area contributed by atoms with E-state index in [-0.39, 0.29) is 22.5 Å². The van der Waals surface area contributed by atoms with E-state index in [0.29, 0.717) is 0 Å². The first-order valence-corrected chi connectivity index (χ1v) is 15.6. The molecule has 0 bridgehead atoms. The van der Waals surface area contributed by atoms with Gasteiger partial charge in [0, 0.05) is 6.07 Å². The summed E-state index contributed by atoms with van der Waals surface area (Å²) in [6, 6.07) is 2.83. The Morgan fingerprint density at radius 3 is 2.27 bits per heavy atom. The van der Waals surface area contributed by atoms with Crippen molar-refractivity contribution in [2.45, 2.75) is 49.1 Å². The second-order valence-electron chi connectivity index (χ2n) is 9.69. The van der Waals surface area contributed by atoms with Crippen LogP contribution in [0.2, 0.25) is 0 Å². The molecule has 0 aliphatic carbocycles. The summed E-state index contributed by atoms with van der Waals surface area (Å²) in [5, 5.41) is 41.6. The van der Waals surface area contributed by atoms with Crippen molar-refractivity contribution in [3.63, 3.8) is 0 Å². The highest BCUT2D eigenvalue weighted by atomic mass is 31.3. The van der Waals surface area contributed by atoms with E-state index in [1.165, 1.54) is 40.0 Å². The molecule has 0 spiro atoms. The van der Waals surface area contributed by atoms with Crippen molar-refractivity contribution in [3.05, 3.63) is 42.7 Å². The van der Waals surface area contributed by atoms with Gasteiger partial charge in [-0.2, -0.15) is 8.88 Å². The largest absolute Gasteiger partial charge is 0.481 e. The lowest BCUT2D eigenvalue weighted by atomic mass is 10.1. The van der Waals surface area contributed by atoms with E-state index < -0.39 is 83.8 Å². The molecule has 10 N–H and O–H groups in total. The first-order valence-electron chi connectivity index (χ1n) is 12.6. The summed E-state index contributed by atoms with van der Waals surface area (Å²) in [6.07, 6.45) is -6.85. The lowest BCUT2D eigenvalue weighted by Gasteiger charge is -2.20. The van der Waals surface area contributed by atoms with Crippen LogP contribution >= 0.6 is 15.6 Å². The van der Waals surface area contributed by atoms with Crippen molar-refractivity contribution in [1.82, 2.24) is 19.5 Å². The molecule has 0 aromatic carbocycles. The maximum Gasteiger partial charge on any atom is 0.481 e. The number of amides is 1. The van der Waals surface area contributed by atoms with Gasteiger partial charge in [0.05, 0.1) is 19.5 Å². The molecule has 2 saturated heterocycles. The number of aliphatic hydroxyl groups is 4. The number of anilines is 1. The van der Waals surface area contributed by atoms with Crippen LogP contribution in [0.5, 0.6) is 0 Å². The van der Waals surface area contributed by atoms with E-state index in [9.17, 15) is 44.1 Å². The second-order valence-corrected chi connectivity index (χ2v) is 12.7. The standard InChI is InChI=1S/C21H27N7O14P2/c22-17-12-19(25-7-24-17)28(8-26-12)21-16(32)14(30)11(41-21)6-39-44(36,37)42-43(34,35)38-5-10-13(29)15(31)20(40-10)27-3-1-2-9(4-27)18(23)33/h1-4,7-8,10-11,13-16,20-21,29-32H,5-6H2,(H5-,22,23,24,25,33,34,35,36,37)/p+1/t10-,11+,13-,14-,15-,16-,20-,21-/m1/s1. The van der Waals surface area contributed by atoms with Crippen LogP contribution in [0, 0.1) is 0 Å². The van der Waals surface area contributed by atoms with Gasteiger partial charge in [-0.15, -0.1) is 0 Å². The Labute approximate surface area is 246 Å². The maximum atomic E-state index is 12.4. The number of fused-ring (bicyclic) bond motifs is 1. The number of nitrogens with two attached hydrogens (primary N) is 2. The minimum absolute atomic E-state index is 0.0505. The molecule has 3 aromatic rings. The van der Waals surface area contributed by atoms with Crippen molar-refractivity contribution in [2.24, 2.45) is 5.73 Å². The normalized spacial score (nSPS) is 31.6. The zero-order valence-corrected chi connectivity index (χ0v) is 24.0. The Kier molecular flexibility index (Phi) is 9.13. The Morgan fingerprint density at radius 2 is 1.61 bits per heavy atom. The fourth-order valence-electron chi connectivity index (χ4n) is 4.58. The van der Waals surface area contributed by atoms with E-state index in [2.05, 4.69) is 23.8 Å². The Balaban J connectivity index is 1.16. The predicted octanol–water partition coefficient (Wildman–Crippen LogP) is -3.02. The van der Waals surface area contributed by atoms with Crippen LogP contribution in [-0.4, -0.2) is 105 Å². The van der Waals surface area contributed by atoms with E-state index in [1.54, 1.807) is 0 Å². The number of hydrogen-bond donors (Lipinski definition) is 8. The van der Waals surface area contributed by atoms with Gasteiger partial charge in [0.15, 0.2) is 36.2 Å². The molecule has 44 heavy (non-hydrogen) atoms. The average Bonchev–Trinajstić information content (AvgIpc) is 3.61. The van der Waals surface area contributed by atoms with Crippen LogP contribution in [0.3, 0.4) is 0 Å². The maximum absolute atomic E-state index is 12.4. The fraction of sp³-hybridized carbons (Fsp3) is 0.476. The molecule has 0 radical (unpaired) electrons. The van der Waals surface area contributed by atoms with E-state index in [1.807, 2.05) is 0 Å². The third-order valence-electron chi connectivity index (χ3n) is 6.75. The third-order valence-corrected chi connectivity index (χ3v) is 9.35. The molecule has 2 aliphatic heterocycles. The SMILES string of the molecule is NC(=O)c1ccc[n+]([C@@H]2O[C@H](COP(=O)(O)OP(=O)(O)OC[C@@H]3O[C@@H](n4cnc5c(N)ncnc54)[C@H](O)[C@@H]3O)[C@@H](O)[C@H]2O)c1. The zero-order valence-electron chi connectivity index (χ0n) is 22.2. The summed E-state index contributed by atoms with van der Waals surface area (Å²) in [5.41, 5.74) is 11.4. The highest BCUT2D eigenvalue weighted by Crippen LogP contribution is 2.60. The van der Waals surface area contributed by atoms with Crippen LogP contribution in [0.15, 0.2) is 37.2 Å². The molecule has 23 heteroatoms. The van der Waals surface area contributed by atoms with Gasteiger partial charge in [0.25, 0.3) is 12.1 Å². The van der Waals surface area contributed by atoms with Gasteiger partial charge in [-0.3, -0.25) is 18.4 Å². The predicted molar refractivity (Wildman–Crippen MR) is 139 cm³/mol. The number of carbonyl (C=O) groups is 1. The van der Waals surface area contributed by atoms with Gasteiger partial charge in [-0.05, 0) is 6.07 Å². The number of rotatable bonds is 11. The molecular formula is C21H28N7O14P2+. The Hall–Kier alpha value is -3.01. The topological polar surface area (TPSA) is 318 Å². The van der Waals surface area contributed by atoms with E-state index >= 15 is 0 Å². The molecule has 240 valence electrons. The minimum atomic E-state index is -5.37. The molecule has 21 nitrogen and oxygen atoms in total. The summed E-state index contributed by atoms with van der Waals surface area (Å²) in [4.78, 5) is 43.3. The number of primary amides is 1. The zero-order chi connectivity index (χ0) is 32.0. The molecule has 3 aromatic heterocycles. The molecule has 2 unspecified atom stereocenters. The van der Waals surface area contributed by atoms with Gasteiger partial charge in [-0.1, -0.05) is 0 Å². The van der Waals surface area contributed by atoms with Crippen LogP contribution in [0.1, 0.15) is 22.8 Å². The number of imidazole rings is 1. The second kappa shape index (κ2) is 12.4. The van der Waals surface area contributed by atoms with Crippen molar-refractivity contribution in [1.29, 1.82) is 0 Å². The molecular weight excluding hydrogens is 636 g/mol. The van der Waals surface area contributed by atoms with Gasteiger partial charge in [0.2, 0.25) is 0 Å². The number of nitrogen functional groups attached to an aromatic ring is 1. The van der Waals surface area contributed by atoms with Gasteiger partial charge in [0.1, 0.15) is 47.9 Å². The monoisotopic (exact) mass is 664 g/mol. The number of phosphoric ester groups is 2. The first kappa shape index (κ1) is 32.4. The van der Waals surface area contributed by atoms with Gasteiger partial charge in [-0.25, -0.2) is 24.1 Å². The number of phosphoric acid groups is 2. The quantitative estimate of drug-likeness (QED) is 0.0747. The van der Waals surface area contributed by atoms with Crippen molar-refractivity contribution in [3.8, 4) is 0 Å². The number of nitrogens with zero attached hydrogens (tertiary/aromatic N) is 5. The van der Waals surface area contributed by atoms with E-state index in [0.717, 1.165) is 6.33 Å². The molecule has 2 fully saturated rings. The van der Waals surface area contributed by atoms with Crippen molar-refractivity contribution in [2.75, 3.05) is 18.9 Å². The highest BCUT2D eigenvalue weighted by molar-refractivity contribution is 7.61. The molecule has 5 heterocycles. The molecule has 0 saturated carbocycles. The van der Waals surface area contributed by atoms with Gasteiger partial charge >= 0.3 is 15.6 Å². The van der Waals surface area contributed by atoms with Crippen LogP contribution in [0.4, 0.5) is 5.82 Å². The van der Waals surface area contributed by atoms with Crippen LogP contribution in [0.25, 0.3) is 11.2 Å². The Bertz CT molecular complexity index is 1630. The van der Waals surface area contributed by atoms with E-state index in [4.69, 9.17) is 25.5 Å². The number of ether oxygens (including phenoxy) is 2. The molecule has 5 rings (SSSR count). The number of carbonyl (C=O) groups excluding carboxylic acids is 1. The number of pyridine rings is 1. The summed E-state index contributed by atoms with van der Waals surface area (Å²) >= 11 is 0. The molecule has 10 atom stereocenters. The Morgan fingerprint density at radius 1 is 0.977 bits per heavy atom. The minimum Gasteiger partial charge on any atom is -0.387 e. The fourth-order valence-corrected chi connectivity index (χ4v) is 6.67. The first-order chi connectivity index (χ1) is 20.7. The molecule has 2 aliphatic rings. The van der Waals surface area contributed by atoms with Crippen LogP contribution in [-0.2, 0) is 32.0 Å². The van der Waals surface area contributed by atoms with Crippen molar-refractivity contribution >= 4 is 38.5 Å². The lowest BCUT2D eigenvalue weighted by molar-refractivity contribution is -0.765. The van der Waals surface area contributed by atoms with Crippen LogP contribution < -0.4 is 16.0 Å². The highest BCUT2D eigenvalue weighted by Gasteiger charge is 2.50. The molecule has 1 amide bonds. The summed E-state index contributed by atoms with van der Waals surface area (Å²) in [6.45, 7) is -1.80. The average molecular weight is 664 g/mol. The number of hydrogen-bond acceptors (Lipinski definition) is 16.